The van der Waals surface area contributed by atoms with Crippen LogP contribution in [-0.2, 0) is 16.0 Å². The number of hydrogen-bond donors (Lipinski definition) is 1. The third kappa shape index (κ3) is 3.76. The van der Waals surface area contributed by atoms with Crippen molar-refractivity contribution in [1.29, 1.82) is 0 Å². The van der Waals surface area contributed by atoms with Crippen molar-refractivity contribution in [3.63, 3.8) is 0 Å². The Bertz CT molecular complexity index is 647. The van der Waals surface area contributed by atoms with Gasteiger partial charge in [-0.1, -0.05) is 30.8 Å². The van der Waals surface area contributed by atoms with Gasteiger partial charge in [-0.2, -0.15) is 4.98 Å². The Morgan fingerprint density at radius 2 is 1.88 bits per heavy atom. The number of nitrogens with one attached hydrogen (secondary N) is 1. The van der Waals surface area contributed by atoms with Crippen LogP contribution in [0.5, 0.6) is 0 Å². The number of likely N-dealkylation sites (tertiary alicyclic amines) is 1. The van der Waals surface area contributed by atoms with Gasteiger partial charge in [0.15, 0.2) is 5.82 Å². The van der Waals surface area contributed by atoms with Crippen molar-refractivity contribution in [3.8, 4) is 0 Å². The second-order valence-corrected chi connectivity index (χ2v) is 7.96. The Labute approximate surface area is 153 Å². The summed E-state index contributed by atoms with van der Waals surface area (Å²) >= 11 is 0. The lowest BCUT2D eigenvalue weighted by atomic mass is 10.1. The molecule has 2 amide bonds. The molecule has 1 N–H and O–H groups in total. The second kappa shape index (κ2) is 7.76. The first-order chi connectivity index (χ1) is 12.7. The number of amides is 2. The number of rotatable bonds is 6. The molecule has 1 saturated heterocycles. The molecular weight excluding hydrogens is 332 g/mol. The van der Waals surface area contributed by atoms with Crippen molar-refractivity contribution in [2.45, 2.75) is 76.2 Å². The zero-order valence-electron chi connectivity index (χ0n) is 15.3. The lowest BCUT2D eigenvalue weighted by Crippen LogP contribution is -2.37. The van der Waals surface area contributed by atoms with Gasteiger partial charge in [-0.15, -0.1) is 0 Å². The molecule has 1 aromatic rings. The first-order valence-electron chi connectivity index (χ1n) is 10.1. The Hall–Kier alpha value is -1.92. The maximum Gasteiger partial charge on any atom is 0.229 e. The Balaban J connectivity index is 1.22. The highest BCUT2D eigenvalue weighted by Gasteiger charge is 2.38. The van der Waals surface area contributed by atoms with E-state index in [4.69, 9.17) is 4.52 Å². The highest BCUT2D eigenvalue weighted by Crippen LogP contribution is 2.33. The summed E-state index contributed by atoms with van der Waals surface area (Å²) in [6, 6.07) is 0.355. The van der Waals surface area contributed by atoms with Crippen LogP contribution in [0.2, 0.25) is 0 Å². The van der Waals surface area contributed by atoms with E-state index < -0.39 is 0 Å². The van der Waals surface area contributed by atoms with Crippen molar-refractivity contribution >= 4 is 11.8 Å². The molecule has 0 aromatic carbocycles. The van der Waals surface area contributed by atoms with E-state index in [0.717, 1.165) is 31.6 Å². The number of nitrogens with zero attached hydrogens (tertiary/aromatic N) is 3. The quantitative estimate of drug-likeness (QED) is 0.840. The van der Waals surface area contributed by atoms with E-state index in [0.29, 0.717) is 43.7 Å². The first-order valence-corrected chi connectivity index (χ1v) is 10.1. The molecular formula is C19H28N4O3. The van der Waals surface area contributed by atoms with E-state index in [9.17, 15) is 9.59 Å². The smallest absolute Gasteiger partial charge is 0.229 e. The molecule has 4 rings (SSSR count). The molecule has 2 saturated carbocycles. The molecule has 2 aliphatic carbocycles. The number of carbonyl (C=O) groups is 2. The van der Waals surface area contributed by atoms with Crippen LogP contribution in [-0.4, -0.2) is 46.0 Å². The van der Waals surface area contributed by atoms with Gasteiger partial charge in [0.05, 0.1) is 5.92 Å². The molecule has 1 aromatic heterocycles. The van der Waals surface area contributed by atoms with E-state index in [1.165, 1.54) is 25.7 Å². The van der Waals surface area contributed by atoms with E-state index in [1.807, 2.05) is 4.90 Å². The average molecular weight is 360 g/mol. The topological polar surface area (TPSA) is 88.3 Å². The zero-order chi connectivity index (χ0) is 17.9. The van der Waals surface area contributed by atoms with Gasteiger partial charge in [0.2, 0.25) is 17.7 Å². The molecule has 142 valence electrons. The van der Waals surface area contributed by atoms with Crippen LogP contribution in [0.15, 0.2) is 4.52 Å². The van der Waals surface area contributed by atoms with E-state index in [-0.39, 0.29) is 17.7 Å². The first kappa shape index (κ1) is 17.5. The molecule has 0 radical (unpaired) electrons. The lowest BCUT2D eigenvalue weighted by molar-refractivity contribution is -0.130. The summed E-state index contributed by atoms with van der Waals surface area (Å²) in [7, 11) is 0. The van der Waals surface area contributed by atoms with Crippen LogP contribution in [0.1, 0.15) is 75.4 Å². The maximum absolute atomic E-state index is 12.4. The van der Waals surface area contributed by atoms with Crippen molar-refractivity contribution in [2.24, 2.45) is 5.92 Å². The van der Waals surface area contributed by atoms with Crippen LogP contribution in [0.4, 0.5) is 0 Å². The summed E-state index contributed by atoms with van der Waals surface area (Å²) in [6.45, 7) is 1.06. The highest BCUT2D eigenvalue weighted by molar-refractivity contribution is 5.89. The van der Waals surface area contributed by atoms with Crippen LogP contribution in [0.25, 0.3) is 0 Å². The fourth-order valence-electron chi connectivity index (χ4n) is 4.63. The monoisotopic (exact) mass is 360 g/mol. The largest absolute Gasteiger partial charge is 0.355 e. The summed E-state index contributed by atoms with van der Waals surface area (Å²) < 4.78 is 5.37. The normalized spacial score (nSPS) is 24.7. The van der Waals surface area contributed by atoms with E-state index in [2.05, 4.69) is 15.5 Å². The summed E-state index contributed by atoms with van der Waals surface area (Å²) in [5, 5.41) is 6.98. The predicted molar refractivity (Wildman–Crippen MR) is 94.3 cm³/mol. The van der Waals surface area contributed by atoms with Gasteiger partial charge in [-0.25, -0.2) is 0 Å². The SMILES string of the molecule is O=C(NCCc1noc(C2CCCC2)n1)[C@@H]1CC(=O)N(C2CCCC2)C1. The minimum absolute atomic E-state index is 0.0293. The maximum atomic E-state index is 12.4. The van der Waals surface area contributed by atoms with Crippen LogP contribution in [0.3, 0.4) is 0 Å². The van der Waals surface area contributed by atoms with E-state index in [1.54, 1.807) is 0 Å². The molecule has 1 atom stereocenters. The van der Waals surface area contributed by atoms with Crippen molar-refractivity contribution in [1.82, 2.24) is 20.4 Å². The molecule has 26 heavy (non-hydrogen) atoms. The third-order valence-electron chi connectivity index (χ3n) is 6.13. The molecule has 7 heteroatoms. The number of carbonyl (C=O) groups excluding carboxylic acids is 2. The Morgan fingerprint density at radius 1 is 1.15 bits per heavy atom. The second-order valence-electron chi connectivity index (χ2n) is 7.96. The van der Waals surface area contributed by atoms with Crippen LogP contribution in [0, 0.1) is 5.92 Å². The Morgan fingerprint density at radius 3 is 2.65 bits per heavy atom. The lowest BCUT2D eigenvalue weighted by Gasteiger charge is -2.23. The average Bonchev–Trinajstić information content (AvgIpc) is 3.41. The Kier molecular flexibility index (Phi) is 5.22. The van der Waals surface area contributed by atoms with Gasteiger partial charge < -0.3 is 14.7 Å². The van der Waals surface area contributed by atoms with Crippen molar-refractivity contribution < 1.29 is 14.1 Å². The summed E-state index contributed by atoms with van der Waals surface area (Å²) in [5.74, 6) is 1.70. The van der Waals surface area contributed by atoms with Gasteiger partial charge in [0, 0.05) is 37.9 Å². The molecule has 0 unspecified atom stereocenters. The minimum Gasteiger partial charge on any atom is -0.355 e. The summed E-state index contributed by atoms with van der Waals surface area (Å²) in [6.07, 6.45) is 10.2. The van der Waals surface area contributed by atoms with E-state index >= 15 is 0 Å². The standard InChI is InChI=1S/C19H28N4O3/c24-17-11-14(12-23(17)15-7-3-4-8-15)18(25)20-10-9-16-21-19(26-22-16)13-5-1-2-6-13/h13-15H,1-12H2,(H,20,25)/t14-/m1/s1. The van der Waals surface area contributed by atoms with Gasteiger partial charge in [-0.3, -0.25) is 9.59 Å². The molecule has 3 aliphatic rings. The van der Waals surface area contributed by atoms with Gasteiger partial charge >= 0.3 is 0 Å². The number of hydrogen-bond acceptors (Lipinski definition) is 5. The fraction of sp³-hybridized carbons (Fsp3) is 0.789. The fourth-order valence-corrected chi connectivity index (χ4v) is 4.63. The molecule has 7 nitrogen and oxygen atoms in total. The third-order valence-corrected chi connectivity index (χ3v) is 6.13. The minimum atomic E-state index is -0.220. The highest BCUT2D eigenvalue weighted by atomic mass is 16.5. The molecule has 2 heterocycles. The van der Waals surface area contributed by atoms with Crippen molar-refractivity contribution in [3.05, 3.63) is 11.7 Å². The van der Waals surface area contributed by atoms with Gasteiger partial charge in [0.25, 0.3) is 0 Å². The van der Waals surface area contributed by atoms with Crippen molar-refractivity contribution in [2.75, 3.05) is 13.1 Å². The zero-order valence-corrected chi connectivity index (χ0v) is 15.3. The van der Waals surface area contributed by atoms with Crippen LogP contribution >= 0.6 is 0 Å². The van der Waals surface area contributed by atoms with Crippen LogP contribution < -0.4 is 5.32 Å². The molecule has 1 aliphatic heterocycles. The molecule has 0 bridgehead atoms. The number of aromatic nitrogens is 2. The van der Waals surface area contributed by atoms with Gasteiger partial charge in [0.1, 0.15) is 0 Å². The predicted octanol–water partition coefficient (Wildman–Crippen LogP) is 2.18. The summed E-state index contributed by atoms with van der Waals surface area (Å²) in [5.41, 5.74) is 0. The molecule has 0 spiro atoms. The van der Waals surface area contributed by atoms with Gasteiger partial charge in [-0.05, 0) is 25.7 Å². The summed E-state index contributed by atoms with van der Waals surface area (Å²) in [4.78, 5) is 31.0. The molecule has 3 fully saturated rings.